The van der Waals surface area contributed by atoms with Gasteiger partial charge >= 0.3 is 0 Å². The molecular weight excluding hydrogens is 424 g/mol. The molecule has 8 nitrogen and oxygen atoms in total. The van der Waals surface area contributed by atoms with Crippen LogP contribution in [0.15, 0.2) is 53.4 Å². The van der Waals surface area contributed by atoms with E-state index in [9.17, 15) is 13.2 Å². The zero-order valence-corrected chi connectivity index (χ0v) is 18.2. The highest BCUT2D eigenvalue weighted by molar-refractivity contribution is 7.89. The van der Waals surface area contributed by atoms with Gasteiger partial charge in [-0.05, 0) is 25.1 Å². The number of carbonyl (C=O) groups is 1. The first-order valence-electron chi connectivity index (χ1n) is 9.18. The Morgan fingerprint density at radius 3 is 2.57 bits per heavy atom. The Kier molecular flexibility index (Phi) is 7.14. The van der Waals surface area contributed by atoms with Crippen LogP contribution in [0.25, 0.3) is 0 Å². The molecule has 1 amide bonds. The van der Waals surface area contributed by atoms with Crippen LogP contribution in [-0.2, 0) is 21.2 Å². The number of nitrogens with zero attached hydrogens (tertiary/aromatic N) is 2. The summed E-state index contributed by atoms with van der Waals surface area (Å²) in [5.41, 5.74) is 1.94. The predicted molar refractivity (Wildman–Crippen MR) is 115 cm³/mol. The van der Waals surface area contributed by atoms with Gasteiger partial charge in [0.25, 0.3) is 0 Å². The van der Waals surface area contributed by atoms with Crippen LogP contribution in [0.3, 0.4) is 0 Å². The number of nitrogens with one attached hydrogen (secondary N) is 2. The van der Waals surface area contributed by atoms with E-state index in [1.807, 2.05) is 31.2 Å². The number of amides is 1. The van der Waals surface area contributed by atoms with Gasteiger partial charge in [-0.2, -0.15) is 0 Å². The quantitative estimate of drug-likeness (QED) is 0.523. The summed E-state index contributed by atoms with van der Waals surface area (Å²) in [5.74, 6) is 0.417. The second-order valence-electron chi connectivity index (χ2n) is 6.50. The third kappa shape index (κ3) is 5.85. The molecule has 1 heterocycles. The van der Waals surface area contributed by atoms with E-state index in [2.05, 4.69) is 20.2 Å². The maximum absolute atomic E-state index is 12.2. The van der Waals surface area contributed by atoms with Crippen molar-refractivity contribution in [2.75, 3.05) is 19.0 Å². The number of aryl methyl sites for hydroxylation is 1. The van der Waals surface area contributed by atoms with Crippen LogP contribution in [0.5, 0.6) is 5.75 Å². The molecule has 3 aromatic rings. The number of methoxy groups -OCH3 is 1. The zero-order valence-electron chi connectivity index (χ0n) is 16.6. The van der Waals surface area contributed by atoms with Gasteiger partial charge in [-0.1, -0.05) is 47.2 Å². The second-order valence-corrected chi connectivity index (χ2v) is 9.33. The largest absolute Gasteiger partial charge is 0.496 e. The van der Waals surface area contributed by atoms with E-state index in [1.165, 1.54) is 23.5 Å². The Bertz CT molecular complexity index is 1110. The van der Waals surface area contributed by atoms with Crippen LogP contribution in [0.1, 0.15) is 22.6 Å². The third-order valence-corrected chi connectivity index (χ3v) is 6.54. The summed E-state index contributed by atoms with van der Waals surface area (Å²) in [4.78, 5) is 12.3. The number of ether oxygens (including phenoxy) is 1. The van der Waals surface area contributed by atoms with Crippen molar-refractivity contribution in [2.24, 2.45) is 0 Å². The molecule has 2 aromatic carbocycles. The molecule has 0 saturated heterocycles. The van der Waals surface area contributed by atoms with Crippen LogP contribution in [-0.4, -0.2) is 38.2 Å². The monoisotopic (exact) mass is 446 g/mol. The van der Waals surface area contributed by atoms with Gasteiger partial charge in [-0.3, -0.25) is 4.79 Å². The lowest BCUT2D eigenvalue weighted by atomic mass is 10.1. The molecule has 0 spiro atoms. The summed E-state index contributed by atoms with van der Waals surface area (Å²) in [5, 5.41) is 11.8. The van der Waals surface area contributed by atoms with Crippen molar-refractivity contribution in [1.29, 1.82) is 0 Å². The van der Waals surface area contributed by atoms with Crippen molar-refractivity contribution in [3.8, 4) is 5.75 Å². The Hall–Kier alpha value is -2.82. The molecule has 158 valence electrons. The second kappa shape index (κ2) is 9.79. The Balaban J connectivity index is 1.50. The van der Waals surface area contributed by atoms with E-state index in [0.717, 1.165) is 21.9 Å². The molecule has 30 heavy (non-hydrogen) atoms. The van der Waals surface area contributed by atoms with Gasteiger partial charge in [0.2, 0.25) is 21.1 Å². The lowest BCUT2D eigenvalue weighted by Gasteiger charge is -2.07. The fourth-order valence-corrected chi connectivity index (χ4v) is 4.48. The number of hydrogen-bond donors (Lipinski definition) is 2. The smallest absolute Gasteiger partial charge is 0.240 e. The normalized spacial score (nSPS) is 11.3. The topological polar surface area (TPSA) is 110 Å². The molecular formula is C20H22N4O4S2. The fourth-order valence-electron chi connectivity index (χ4n) is 2.67. The number of sulfonamides is 1. The van der Waals surface area contributed by atoms with Crippen molar-refractivity contribution >= 4 is 32.4 Å². The van der Waals surface area contributed by atoms with Crippen LogP contribution >= 0.6 is 11.3 Å². The van der Waals surface area contributed by atoms with Gasteiger partial charge in [-0.25, -0.2) is 13.1 Å². The Labute approximate surface area is 179 Å². The van der Waals surface area contributed by atoms with Crippen molar-refractivity contribution in [2.45, 2.75) is 24.7 Å². The summed E-state index contributed by atoms with van der Waals surface area (Å²) < 4.78 is 32.2. The van der Waals surface area contributed by atoms with Gasteiger partial charge < -0.3 is 10.1 Å². The highest BCUT2D eigenvalue weighted by Gasteiger charge is 2.15. The number of hydrogen-bond acceptors (Lipinski definition) is 7. The van der Waals surface area contributed by atoms with E-state index < -0.39 is 10.0 Å². The molecule has 0 saturated carbocycles. The molecule has 2 N–H and O–H groups in total. The first-order chi connectivity index (χ1) is 14.4. The van der Waals surface area contributed by atoms with E-state index in [0.29, 0.717) is 11.6 Å². The molecule has 0 atom stereocenters. The van der Waals surface area contributed by atoms with Crippen molar-refractivity contribution < 1.29 is 17.9 Å². The van der Waals surface area contributed by atoms with Crippen LogP contribution < -0.4 is 14.8 Å². The molecule has 0 aliphatic rings. The summed E-state index contributed by atoms with van der Waals surface area (Å²) >= 11 is 1.26. The average Bonchev–Trinajstić information content (AvgIpc) is 3.15. The number of carbonyl (C=O) groups excluding carboxylic acids is 1. The van der Waals surface area contributed by atoms with Crippen LogP contribution in [0, 0.1) is 6.92 Å². The minimum Gasteiger partial charge on any atom is -0.496 e. The first kappa shape index (κ1) is 21.9. The number of aromatic nitrogens is 2. The molecule has 0 aliphatic carbocycles. The van der Waals surface area contributed by atoms with E-state index in [4.69, 9.17) is 4.74 Å². The molecule has 1 aromatic heterocycles. The number of benzene rings is 2. The maximum atomic E-state index is 12.2. The molecule has 0 bridgehead atoms. The summed E-state index contributed by atoms with van der Waals surface area (Å²) in [6, 6.07) is 14.1. The van der Waals surface area contributed by atoms with Gasteiger partial charge in [0.1, 0.15) is 10.8 Å². The molecule has 10 heteroatoms. The van der Waals surface area contributed by atoms with Crippen LogP contribution in [0.2, 0.25) is 0 Å². The third-order valence-electron chi connectivity index (χ3n) is 4.22. The van der Waals surface area contributed by atoms with Crippen molar-refractivity contribution in [3.05, 3.63) is 64.7 Å². The summed E-state index contributed by atoms with van der Waals surface area (Å²) in [6.45, 7) is 1.86. The minimum absolute atomic E-state index is 0.0189. The number of rotatable bonds is 9. The predicted octanol–water partition coefficient (Wildman–Crippen LogP) is 2.75. The highest BCUT2D eigenvalue weighted by atomic mass is 32.2. The summed E-state index contributed by atoms with van der Waals surface area (Å²) in [6.07, 6.45) is 0.514. The van der Waals surface area contributed by atoms with E-state index in [-0.39, 0.29) is 23.8 Å². The lowest BCUT2D eigenvalue weighted by Crippen LogP contribution is -2.27. The zero-order chi connectivity index (χ0) is 21.6. The molecule has 0 fully saturated rings. The van der Waals surface area contributed by atoms with Gasteiger partial charge in [0.15, 0.2) is 0 Å². The van der Waals surface area contributed by atoms with Crippen molar-refractivity contribution in [3.63, 3.8) is 0 Å². The van der Waals surface area contributed by atoms with Gasteiger partial charge in [-0.15, -0.1) is 10.2 Å². The van der Waals surface area contributed by atoms with Crippen molar-refractivity contribution in [1.82, 2.24) is 14.9 Å². The maximum Gasteiger partial charge on any atom is 0.240 e. The molecule has 3 rings (SSSR count). The minimum atomic E-state index is -3.65. The lowest BCUT2D eigenvalue weighted by molar-refractivity contribution is -0.116. The molecule has 0 aliphatic heterocycles. The average molecular weight is 447 g/mol. The highest BCUT2D eigenvalue weighted by Crippen LogP contribution is 2.24. The molecule has 0 unspecified atom stereocenters. The van der Waals surface area contributed by atoms with E-state index in [1.54, 1.807) is 19.2 Å². The first-order valence-corrected chi connectivity index (χ1v) is 11.5. The number of anilines is 1. The fraction of sp³-hybridized carbons (Fsp3) is 0.250. The standard InChI is InChI=1S/C20H22N4O4S2/c1-14-7-9-16(10-8-14)30(26,27)21-12-11-18(25)22-20-24-23-19(29-20)13-15-5-3-4-6-17(15)28-2/h3-10,21H,11-13H2,1-2H3,(H,22,24,25). The van der Waals surface area contributed by atoms with Gasteiger partial charge in [0.05, 0.1) is 12.0 Å². The summed E-state index contributed by atoms with van der Waals surface area (Å²) in [7, 11) is -2.04. The van der Waals surface area contributed by atoms with Crippen LogP contribution in [0.4, 0.5) is 5.13 Å². The SMILES string of the molecule is COc1ccccc1Cc1nnc(NC(=O)CCNS(=O)(=O)c2ccc(C)cc2)s1. The van der Waals surface area contributed by atoms with Gasteiger partial charge in [0, 0.05) is 24.9 Å². The van der Waals surface area contributed by atoms with E-state index >= 15 is 0 Å². The Morgan fingerprint density at radius 1 is 1.10 bits per heavy atom. The molecule has 0 radical (unpaired) electrons. The number of para-hydroxylation sites is 1. The Morgan fingerprint density at radius 2 is 1.83 bits per heavy atom.